The van der Waals surface area contributed by atoms with E-state index in [2.05, 4.69) is 15.6 Å². The number of hydrogen-bond acceptors (Lipinski definition) is 6. The quantitative estimate of drug-likeness (QED) is 0.626. The predicted molar refractivity (Wildman–Crippen MR) is 115 cm³/mol. The average Bonchev–Trinajstić information content (AvgIpc) is 3.31. The van der Waals surface area contributed by atoms with Crippen LogP contribution in [0, 0.1) is 5.92 Å². The number of halogens is 1. The number of esters is 1. The fourth-order valence-corrected chi connectivity index (χ4v) is 5.47. The lowest BCUT2D eigenvalue weighted by Gasteiger charge is -2.25. The van der Waals surface area contributed by atoms with Crippen LogP contribution in [0.2, 0.25) is 5.02 Å². The summed E-state index contributed by atoms with van der Waals surface area (Å²) in [6.45, 7) is -0.0168. The van der Waals surface area contributed by atoms with Gasteiger partial charge >= 0.3 is 5.97 Å². The van der Waals surface area contributed by atoms with Crippen LogP contribution in [-0.2, 0) is 25.7 Å². The van der Waals surface area contributed by atoms with Crippen LogP contribution in [0.3, 0.4) is 0 Å². The number of ether oxygens (including phenoxy) is 1. The number of hydrogen-bond donors (Lipinski definition) is 2. The van der Waals surface area contributed by atoms with Gasteiger partial charge in [-0.05, 0) is 47.4 Å². The number of thioether (sulfide) groups is 1. The Morgan fingerprint density at radius 2 is 2.07 bits per heavy atom. The lowest BCUT2D eigenvalue weighted by Crippen LogP contribution is -2.44. The van der Waals surface area contributed by atoms with E-state index in [0.717, 1.165) is 24.8 Å². The molecule has 0 spiro atoms. The van der Waals surface area contributed by atoms with Gasteiger partial charge in [0.05, 0.1) is 12.3 Å². The SMILES string of the molecule is O=C(COC(=O)CCC1=N[C@@H]2SC3=C(CCC3)[C@@H]2C(=O)N1)NCc1ccc(Cl)cc1. The highest BCUT2D eigenvalue weighted by Gasteiger charge is 2.44. The zero-order valence-electron chi connectivity index (χ0n) is 16.3. The molecule has 2 N–H and O–H groups in total. The number of fused-ring (bicyclic) bond motifs is 2. The van der Waals surface area contributed by atoms with Crippen molar-refractivity contribution in [1.29, 1.82) is 0 Å². The summed E-state index contributed by atoms with van der Waals surface area (Å²) >= 11 is 7.50. The van der Waals surface area contributed by atoms with Gasteiger partial charge in [0.1, 0.15) is 11.2 Å². The fraction of sp³-hybridized carbons (Fsp3) is 0.429. The molecule has 1 aliphatic carbocycles. The second kappa shape index (κ2) is 9.22. The first-order valence-electron chi connectivity index (χ1n) is 9.92. The van der Waals surface area contributed by atoms with E-state index in [0.29, 0.717) is 17.4 Å². The van der Waals surface area contributed by atoms with Crippen LogP contribution in [0.1, 0.15) is 37.7 Å². The first-order chi connectivity index (χ1) is 14.5. The zero-order chi connectivity index (χ0) is 21.1. The minimum atomic E-state index is -0.504. The molecule has 2 amide bonds. The topological polar surface area (TPSA) is 96.9 Å². The van der Waals surface area contributed by atoms with E-state index in [9.17, 15) is 14.4 Å². The third kappa shape index (κ3) is 4.87. The maximum Gasteiger partial charge on any atom is 0.306 e. The molecule has 158 valence electrons. The number of amides is 2. The molecule has 4 rings (SSSR count). The molecule has 0 unspecified atom stereocenters. The zero-order valence-corrected chi connectivity index (χ0v) is 17.9. The van der Waals surface area contributed by atoms with Gasteiger partial charge < -0.3 is 15.4 Å². The molecule has 1 aromatic carbocycles. The van der Waals surface area contributed by atoms with Gasteiger partial charge in [-0.25, -0.2) is 0 Å². The Hall–Kier alpha value is -2.32. The van der Waals surface area contributed by atoms with Crippen LogP contribution >= 0.6 is 23.4 Å². The largest absolute Gasteiger partial charge is 0.456 e. The smallest absolute Gasteiger partial charge is 0.306 e. The van der Waals surface area contributed by atoms with E-state index in [-0.39, 0.29) is 42.6 Å². The number of amidine groups is 1. The second-order valence-electron chi connectivity index (χ2n) is 7.42. The van der Waals surface area contributed by atoms with Crippen molar-refractivity contribution in [1.82, 2.24) is 10.6 Å². The number of aliphatic imine (C=N–C) groups is 1. The highest BCUT2D eigenvalue weighted by atomic mass is 35.5. The van der Waals surface area contributed by atoms with Gasteiger partial charge in [-0.15, -0.1) is 11.8 Å². The first-order valence-corrected chi connectivity index (χ1v) is 11.2. The molecular weight excluding hydrogens is 426 g/mol. The maximum atomic E-state index is 12.5. The van der Waals surface area contributed by atoms with Crippen LogP contribution in [0.25, 0.3) is 0 Å². The molecule has 30 heavy (non-hydrogen) atoms. The van der Waals surface area contributed by atoms with E-state index in [4.69, 9.17) is 16.3 Å². The number of allylic oxidation sites excluding steroid dienone is 1. The van der Waals surface area contributed by atoms with Gasteiger partial charge in [-0.1, -0.05) is 23.7 Å². The van der Waals surface area contributed by atoms with E-state index in [1.165, 1.54) is 10.5 Å². The Morgan fingerprint density at radius 3 is 2.87 bits per heavy atom. The summed E-state index contributed by atoms with van der Waals surface area (Å²) in [6.07, 6.45) is 3.47. The summed E-state index contributed by atoms with van der Waals surface area (Å²) in [5.74, 6) is -0.561. The number of nitrogens with one attached hydrogen (secondary N) is 2. The van der Waals surface area contributed by atoms with Crippen LogP contribution < -0.4 is 10.6 Å². The normalized spacial score (nSPS) is 22.2. The molecule has 0 fully saturated rings. The monoisotopic (exact) mass is 447 g/mol. The number of rotatable bonds is 7. The minimum absolute atomic E-state index is 0.0284. The van der Waals surface area contributed by atoms with E-state index >= 15 is 0 Å². The lowest BCUT2D eigenvalue weighted by molar-refractivity contribution is -0.148. The lowest BCUT2D eigenvalue weighted by atomic mass is 9.96. The molecule has 2 heterocycles. The van der Waals surface area contributed by atoms with Crippen molar-refractivity contribution in [3.8, 4) is 0 Å². The molecule has 9 heteroatoms. The Kier molecular flexibility index (Phi) is 6.43. The van der Waals surface area contributed by atoms with Gasteiger partial charge in [0.15, 0.2) is 6.61 Å². The summed E-state index contributed by atoms with van der Waals surface area (Å²) in [7, 11) is 0. The van der Waals surface area contributed by atoms with Crippen LogP contribution in [-0.4, -0.2) is 35.6 Å². The molecule has 7 nitrogen and oxygen atoms in total. The number of carbonyl (C=O) groups is 3. The van der Waals surface area contributed by atoms with Crippen molar-refractivity contribution < 1.29 is 19.1 Å². The summed E-state index contributed by atoms with van der Waals surface area (Å²) in [4.78, 5) is 42.2. The molecule has 1 aromatic rings. The van der Waals surface area contributed by atoms with Crippen LogP contribution in [0.4, 0.5) is 0 Å². The average molecular weight is 448 g/mol. The van der Waals surface area contributed by atoms with E-state index < -0.39 is 5.97 Å². The molecule has 0 radical (unpaired) electrons. The Balaban J connectivity index is 1.18. The van der Waals surface area contributed by atoms with Crippen LogP contribution in [0.5, 0.6) is 0 Å². The van der Waals surface area contributed by atoms with Gasteiger partial charge in [0.2, 0.25) is 5.91 Å². The summed E-state index contributed by atoms with van der Waals surface area (Å²) in [5.41, 5.74) is 2.14. The third-order valence-corrected chi connectivity index (χ3v) is 6.92. The highest BCUT2D eigenvalue weighted by molar-refractivity contribution is 8.04. The van der Waals surface area contributed by atoms with Gasteiger partial charge in [0, 0.05) is 18.0 Å². The molecule has 2 aliphatic heterocycles. The van der Waals surface area contributed by atoms with E-state index in [1.54, 1.807) is 23.9 Å². The maximum absolute atomic E-state index is 12.5. The molecule has 3 aliphatic rings. The van der Waals surface area contributed by atoms with Crippen molar-refractivity contribution in [2.45, 2.75) is 44.0 Å². The van der Waals surface area contributed by atoms with E-state index in [1.807, 2.05) is 12.1 Å². The number of carbonyl (C=O) groups excluding carboxylic acids is 3. The summed E-state index contributed by atoms with van der Waals surface area (Å²) in [6, 6.07) is 7.11. The highest BCUT2D eigenvalue weighted by Crippen LogP contribution is 2.51. The Bertz CT molecular complexity index is 929. The molecular formula is C21H22ClN3O4S. The van der Waals surface area contributed by atoms with Crippen molar-refractivity contribution in [2.24, 2.45) is 10.9 Å². The Labute approximate surface area is 183 Å². The second-order valence-corrected chi connectivity index (χ2v) is 9.06. The molecule has 0 saturated heterocycles. The van der Waals surface area contributed by atoms with Crippen molar-refractivity contribution in [2.75, 3.05) is 6.61 Å². The van der Waals surface area contributed by atoms with Crippen molar-refractivity contribution in [3.63, 3.8) is 0 Å². The summed E-state index contributed by atoms with van der Waals surface area (Å²) < 4.78 is 5.02. The molecule has 0 bridgehead atoms. The van der Waals surface area contributed by atoms with Gasteiger partial charge in [0.25, 0.3) is 5.91 Å². The van der Waals surface area contributed by atoms with Gasteiger partial charge in [-0.3, -0.25) is 19.4 Å². The molecule has 0 aromatic heterocycles. The Morgan fingerprint density at radius 1 is 1.27 bits per heavy atom. The minimum Gasteiger partial charge on any atom is -0.456 e. The number of benzene rings is 1. The van der Waals surface area contributed by atoms with Crippen LogP contribution in [0.15, 0.2) is 39.7 Å². The van der Waals surface area contributed by atoms with Crippen molar-refractivity contribution >= 4 is 47.0 Å². The summed E-state index contributed by atoms with van der Waals surface area (Å²) in [5, 5.41) is 6.03. The predicted octanol–water partition coefficient (Wildman–Crippen LogP) is 2.94. The third-order valence-electron chi connectivity index (χ3n) is 5.30. The first kappa shape index (κ1) is 20.9. The molecule has 2 atom stereocenters. The fourth-order valence-electron chi connectivity index (χ4n) is 3.80. The van der Waals surface area contributed by atoms with Gasteiger partial charge in [-0.2, -0.15) is 0 Å². The number of nitrogens with zero attached hydrogens (tertiary/aromatic N) is 1. The van der Waals surface area contributed by atoms with Crippen molar-refractivity contribution in [3.05, 3.63) is 45.3 Å². The standard InChI is InChI=1S/C21H22ClN3O4S/c22-13-6-4-12(5-7-13)10-23-17(26)11-29-18(27)9-8-16-24-20(28)19-14-2-1-3-15(14)30-21(19)25-16/h4-7,19,21H,1-3,8-11H2,(H,23,26)(H,24,25,28)/t19-,21-/m1/s1. The molecule has 0 saturated carbocycles.